The first-order valence-corrected chi connectivity index (χ1v) is 5.29. The monoisotopic (exact) mass is 234 g/mol. The van der Waals surface area contributed by atoms with Crippen molar-refractivity contribution in [2.45, 2.75) is 19.3 Å². The number of nitrogens with zero attached hydrogens (tertiary/aromatic N) is 2. The van der Waals surface area contributed by atoms with E-state index in [0.717, 1.165) is 9.89 Å². The molecule has 2 rings (SSSR count). The predicted molar refractivity (Wildman–Crippen MR) is 51.8 cm³/mol. The Labute approximate surface area is 88.4 Å². The highest BCUT2D eigenvalue weighted by molar-refractivity contribution is 7.07. The van der Waals surface area contributed by atoms with Crippen molar-refractivity contribution in [1.29, 1.82) is 0 Å². The molecule has 0 radical (unpaired) electrons. The van der Waals surface area contributed by atoms with Crippen molar-refractivity contribution < 1.29 is 13.2 Å². The van der Waals surface area contributed by atoms with Gasteiger partial charge in [-0.25, -0.2) is 4.99 Å². The third kappa shape index (κ3) is 2.31. The maximum atomic E-state index is 12.2. The standard InChI is InChI=1S/C9H9F3N2S/c1-6-13-8-7(2-3-15-8)4-14(6)5-9(10,11)12/h2-4,6H,5H2,1H3. The molecule has 1 aromatic rings. The van der Waals surface area contributed by atoms with Gasteiger partial charge in [0, 0.05) is 11.4 Å². The maximum Gasteiger partial charge on any atom is 0.405 e. The van der Waals surface area contributed by atoms with Crippen LogP contribution in [0.3, 0.4) is 0 Å². The summed E-state index contributed by atoms with van der Waals surface area (Å²) in [6, 6.07) is 1.78. The fraction of sp³-hybridized carbons (Fsp3) is 0.444. The van der Waals surface area contributed by atoms with Crippen LogP contribution in [0.1, 0.15) is 6.92 Å². The molecule has 2 heterocycles. The van der Waals surface area contributed by atoms with Crippen LogP contribution in [-0.4, -0.2) is 23.8 Å². The van der Waals surface area contributed by atoms with Crippen LogP contribution < -0.4 is 9.89 Å². The summed E-state index contributed by atoms with van der Waals surface area (Å²) in [5.41, 5.74) is 0. The normalized spacial score (nSPS) is 20.5. The first-order chi connectivity index (χ1) is 6.96. The third-order valence-electron chi connectivity index (χ3n) is 2.13. The highest BCUT2D eigenvalue weighted by Crippen LogP contribution is 2.19. The molecule has 1 atom stereocenters. The van der Waals surface area contributed by atoms with Crippen LogP contribution >= 0.6 is 11.3 Å². The molecule has 0 aliphatic carbocycles. The highest BCUT2D eigenvalue weighted by Gasteiger charge is 2.32. The summed E-state index contributed by atoms with van der Waals surface area (Å²) in [7, 11) is 0. The Morgan fingerprint density at radius 1 is 1.53 bits per heavy atom. The van der Waals surface area contributed by atoms with Gasteiger partial charge in [0.05, 0.1) is 0 Å². The minimum absolute atomic E-state index is 0.447. The molecule has 0 fully saturated rings. The van der Waals surface area contributed by atoms with Crippen LogP contribution in [0.15, 0.2) is 16.4 Å². The van der Waals surface area contributed by atoms with E-state index in [0.29, 0.717) is 0 Å². The zero-order chi connectivity index (χ0) is 11.1. The van der Waals surface area contributed by atoms with Gasteiger partial charge in [0.15, 0.2) is 0 Å². The lowest BCUT2D eigenvalue weighted by atomic mass is 10.3. The molecule has 1 unspecified atom stereocenters. The van der Waals surface area contributed by atoms with E-state index >= 15 is 0 Å². The number of alkyl halides is 3. The van der Waals surface area contributed by atoms with Gasteiger partial charge >= 0.3 is 6.18 Å². The van der Waals surface area contributed by atoms with Crippen molar-refractivity contribution >= 4 is 17.5 Å². The second kappa shape index (κ2) is 3.52. The second-order valence-corrected chi connectivity index (χ2v) is 4.25. The van der Waals surface area contributed by atoms with E-state index in [4.69, 9.17) is 0 Å². The average molecular weight is 234 g/mol. The zero-order valence-electron chi connectivity index (χ0n) is 7.95. The lowest BCUT2D eigenvalue weighted by Crippen LogP contribution is -2.42. The van der Waals surface area contributed by atoms with Gasteiger partial charge in [-0.15, -0.1) is 11.3 Å². The Kier molecular flexibility index (Phi) is 2.46. The van der Waals surface area contributed by atoms with Crippen LogP contribution in [0.2, 0.25) is 0 Å². The number of thiophene rings is 1. The maximum absolute atomic E-state index is 12.2. The molecular weight excluding hydrogens is 225 g/mol. The summed E-state index contributed by atoms with van der Waals surface area (Å²) in [5.74, 6) is 0. The topological polar surface area (TPSA) is 15.6 Å². The molecule has 6 heteroatoms. The lowest BCUT2D eigenvalue weighted by Gasteiger charge is -2.27. The lowest BCUT2D eigenvalue weighted by molar-refractivity contribution is -0.141. The Hall–Kier alpha value is -1.04. The summed E-state index contributed by atoms with van der Waals surface area (Å²) in [6.45, 7) is 0.706. The fourth-order valence-corrected chi connectivity index (χ4v) is 2.24. The van der Waals surface area contributed by atoms with Gasteiger partial charge in [-0.3, -0.25) is 0 Å². The van der Waals surface area contributed by atoms with Crippen LogP contribution in [-0.2, 0) is 0 Å². The van der Waals surface area contributed by atoms with E-state index in [1.807, 2.05) is 5.38 Å². The van der Waals surface area contributed by atoms with E-state index in [-0.39, 0.29) is 0 Å². The molecule has 2 nitrogen and oxygen atoms in total. The molecule has 1 aliphatic heterocycles. The zero-order valence-corrected chi connectivity index (χ0v) is 8.77. The molecule has 1 aromatic heterocycles. The van der Waals surface area contributed by atoms with Gasteiger partial charge in [-0.2, -0.15) is 13.2 Å². The van der Waals surface area contributed by atoms with E-state index in [2.05, 4.69) is 4.99 Å². The quantitative estimate of drug-likeness (QED) is 0.715. The fourth-order valence-electron chi connectivity index (χ4n) is 1.43. The molecule has 0 bridgehead atoms. The molecule has 0 N–H and O–H groups in total. The smallest absolute Gasteiger partial charge is 0.346 e. The van der Waals surface area contributed by atoms with Crippen molar-refractivity contribution in [3.63, 3.8) is 0 Å². The van der Waals surface area contributed by atoms with Crippen LogP contribution in [0, 0.1) is 0 Å². The Bertz CT molecular complexity index is 462. The number of fused-ring (bicyclic) bond motifs is 1. The number of rotatable bonds is 1. The SMILES string of the molecule is CC1N=c2sccc2=CN1CC(F)(F)F. The van der Waals surface area contributed by atoms with E-state index < -0.39 is 18.9 Å². The van der Waals surface area contributed by atoms with Gasteiger partial charge in [0.2, 0.25) is 0 Å². The van der Waals surface area contributed by atoms with Crippen molar-refractivity contribution in [2.75, 3.05) is 6.54 Å². The largest absolute Gasteiger partial charge is 0.405 e. The van der Waals surface area contributed by atoms with Crippen LogP contribution in [0.25, 0.3) is 6.20 Å². The van der Waals surface area contributed by atoms with Crippen LogP contribution in [0.5, 0.6) is 0 Å². The highest BCUT2D eigenvalue weighted by atomic mass is 32.1. The van der Waals surface area contributed by atoms with Gasteiger partial charge in [-0.1, -0.05) is 0 Å². The molecule has 0 saturated heterocycles. The van der Waals surface area contributed by atoms with Gasteiger partial charge < -0.3 is 4.90 Å². The first-order valence-electron chi connectivity index (χ1n) is 4.41. The molecule has 0 saturated carbocycles. The number of halogens is 3. The summed E-state index contributed by atoms with van der Waals surface area (Å²) in [5, 5.41) is 2.59. The molecule has 0 aromatic carbocycles. The Balaban J connectivity index is 2.31. The summed E-state index contributed by atoms with van der Waals surface area (Å²) in [6.07, 6.45) is -3.11. The molecule has 1 aliphatic rings. The second-order valence-electron chi connectivity index (χ2n) is 3.36. The summed E-state index contributed by atoms with van der Waals surface area (Å²) in [4.78, 5) is 5.39. The average Bonchev–Trinajstić information content (AvgIpc) is 2.49. The first kappa shape index (κ1) is 10.5. The van der Waals surface area contributed by atoms with E-state index in [1.54, 1.807) is 13.0 Å². The van der Waals surface area contributed by atoms with Crippen molar-refractivity contribution in [3.05, 3.63) is 21.3 Å². The number of hydrogen-bond acceptors (Lipinski definition) is 3. The Morgan fingerprint density at radius 2 is 2.27 bits per heavy atom. The minimum atomic E-state index is -4.19. The molecule has 82 valence electrons. The van der Waals surface area contributed by atoms with E-state index in [9.17, 15) is 13.2 Å². The van der Waals surface area contributed by atoms with Crippen molar-refractivity contribution in [3.8, 4) is 0 Å². The van der Waals surface area contributed by atoms with Crippen molar-refractivity contribution in [1.82, 2.24) is 4.90 Å². The van der Waals surface area contributed by atoms with Gasteiger partial charge in [0.25, 0.3) is 0 Å². The van der Waals surface area contributed by atoms with E-state index in [1.165, 1.54) is 22.4 Å². The predicted octanol–water partition coefficient (Wildman–Crippen LogP) is 1.33. The van der Waals surface area contributed by atoms with Gasteiger partial charge in [0.1, 0.15) is 17.4 Å². The molecule has 15 heavy (non-hydrogen) atoms. The van der Waals surface area contributed by atoms with Crippen LogP contribution in [0.4, 0.5) is 13.2 Å². The minimum Gasteiger partial charge on any atom is -0.346 e. The molecular formula is C9H9F3N2S. The Morgan fingerprint density at radius 3 is 2.93 bits per heavy atom. The summed E-state index contributed by atoms with van der Waals surface area (Å²) >= 11 is 1.44. The summed E-state index contributed by atoms with van der Waals surface area (Å²) < 4.78 is 37.5. The van der Waals surface area contributed by atoms with Gasteiger partial charge in [-0.05, 0) is 18.4 Å². The number of hydrogen-bond donors (Lipinski definition) is 0. The molecule has 0 spiro atoms. The third-order valence-corrected chi connectivity index (χ3v) is 2.96. The molecule has 0 amide bonds. The van der Waals surface area contributed by atoms with Crippen molar-refractivity contribution in [2.24, 2.45) is 4.99 Å².